The third-order valence-electron chi connectivity index (χ3n) is 2.93. The van der Waals surface area contributed by atoms with Gasteiger partial charge in [-0.2, -0.15) is 0 Å². The smallest absolute Gasteiger partial charge is 0.188 e. The molecule has 0 saturated carbocycles. The minimum atomic E-state index is 0.773. The SMILES string of the molecule is Cc1nc(Nc2nccs2)cc(N2CCNCC2)n1. The molecule has 0 radical (unpaired) electrons. The quantitative estimate of drug-likeness (QED) is 0.883. The Bertz CT molecular complexity index is 535. The first-order chi connectivity index (χ1) is 9.31. The lowest BCUT2D eigenvalue weighted by Gasteiger charge is -2.28. The summed E-state index contributed by atoms with van der Waals surface area (Å²) in [5.41, 5.74) is 0. The lowest BCUT2D eigenvalue weighted by Crippen LogP contribution is -2.44. The van der Waals surface area contributed by atoms with E-state index in [1.54, 1.807) is 17.5 Å². The van der Waals surface area contributed by atoms with E-state index in [9.17, 15) is 0 Å². The summed E-state index contributed by atoms with van der Waals surface area (Å²) in [5, 5.41) is 9.35. The molecule has 0 aromatic carbocycles. The third-order valence-corrected chi connectivity index (χ3v) is 3.62. The predicted molar refractivity (Wildman–Crippen MR) is 77.2 cm³/mol. The molecule has 100 valence electrons. The lowest BCUT2D eigenvalue weighted by atomic mass is 10.3. The highest BCUT2D eigenvalue weighted by molar-refractivity contribution is 7.13. The number of hydrogen-bond acceptors (Lipinski definition) is 7. The maximum atomic E-state index is 4.52. The zero-order valence-corrected chi connectivity index (χ0v) is 11.6. The van der Waals surface area contributed by atoms with Gasteiger partial charge in [-0.25, -0.2) is 15.0 Å². The van der Waals surface area contributed by atoms with E-state index < -0.39 is 0 Å². The summed E-state index contributed by atoms with van der Waals surface area (Å²) in [4.78, 5) is 15.4. The standard InChI is InChI=1S/C12H16N6S/c1-9-15-10(17-12-14-4-7-19-12)8-11(16-9)18-5-2-13-3-6-18/h4,7-8,13H,2-3,5-6H2,1H3,(H,14,15,16,17). The van der Waals surface area contributed by atoms with Crippen LogP contribution in [0, 0.1) is 6.92 Å². The molecule has 0 amide bonds. The van der Waals surface area contributed by atoms with Crippen molar-refractivity contribution in [3.8, 4) is 0 Å². The second kappa shape index (κ2) is 5.50. The van der Waals surface area contributed by atoms with Crippen molar-refractivity contribution in [2.45, 2.75) is 6.92 Å². The Balaban J connectivity index is 1.82. The largest absolute Gasteiger partial charge is 0.354 e. The van der Waals surface area contributed by atoms with Crippen molar-refractivity contribution in [3.05, 3.63) is 23.5 Å². The van der Waals surface area contributed by atoms with Gasteiger partial charge in [-0.1, -0.05) is 0 Å². The van der Waals surface area contributed by atoms with Crippen molar-refractivity contribution in [1.82, 2.24) is 20.3 Å². The number of anilines is 3. The molecule has 0 unspecified atom stereocenters. The van der Waals surface area contributed by atoms with Gasteiger partial charge in [-0.05, 0) is 6.92 Å². The van der Waals surface area contributed by atoms with E-state index in [2.05, 4.69) is 30.5 Å². The number of piperazine rings is 1. The van der Waals surface area contributed by atoms with Crippen LogP contribution in [0.1, 0.15) is 5.82 Å². The molecule has 6 nitrogen and oxygen atoms in total. The van der Waals surface area contributed by atoms with Crippen LogP contribution >= 0.6 is 11.3 Å². The fourth-order valence-corrected chi connectivity index (χ4v) is 2.60. The number of thiazole rings is 1. The Morgan fingerprint density at radius 1 is 1.32 bits per heavy atom. The zero-order chi connectivity index (χ0) is 13.1. The highest BCUT2D eigenvalue weighted by Crippen LogP contribution is 2.21. The molecule has 3 heterocycles. The fraction of sp³-hybridized carbons (Fsp3) is 0.417. The molecule has 0 atom stereocenters. The highest BCUT2D eigenvalue weighted by Gasteiger charge is 2.13. The van der Waals surface area contributed by atoms with Crippen molar-refractivity contribution < 1.29 is 0 Å². The van der Waals surface area contributed by atoms with Crippen LogP contribution in [0.15, 0.2) is 17.6 Å². The summed E-state index contributed by atoms with van der Waals surface area (Å²) < 4.78 is 0. The van der Waals surface area contributed by atoms with Crippen LogP contribution in [0.5, 0.6) is 0 Å². The van der Waals surface area contributed by atoms with E-state index in [1.165, 1.54) is 0 Å². The first-order valence-corrected chi connectivity index (χ1v) is 7.17. The topological polar surface area (TPSA) is 66.0 Å². The van der Waals surface area contributed by atoms with Gasteiger partial charge in [-0.15, -0.1) is 11.3 Å². The molecule has 2 N–H and O–H groups in total. The number of nitrogens with one attached hydrogen (secondary N) is 2. The molecule has 2 aromatic heterocycles. The molecule has 0 bridgehead atoms. The van der Waals surface area contributed by atoms with E-state index in [1.807, 2.05) is 18.4 Å². The summed E-state index contributed by atoms with van der Waals surface area (Å²) in [7, 11) is 0. The van der Waals surface area contributed by atoms with Crippen LogP contribution in [0.2, 0.25) is 0 Å². The third kappa shape index (κ3) is 2.99. The van der Waals surface area contributed by atoms with Crippen LogP contribution in [0.3, 0.4) is 0 Å². The summed E-state index contributed by atoms with van der Waals surface area (Å²) in [6.07, 6.45) is 1.78. The lowest BCUT2D eigenvalue weighted by molar-refractivity contribution is 0.584. The second-order valence-electron chi connectivity index (χ2n) is 4.36. The molecule has 1 fully saturated rings. The van der Waals surface area contributed by atoms with E-state index in [4.69, 9.17) is 0 Å². The van der Waals surface area contributed by atoms with Crippen molar-refractivity contribution in [3.63, 3.8) is 0 Å². The molecule has 7 heteroatoms. The van der Waals surface area contributed by atoms with Gasteiger partial charge in [0.25, 0.3) is 0 Å². The van der Waals surface area contributed by atoms with Gasteiger partial charge in [0, 0.05) is 43.8 Å². The van der Waals surface area contributed by atoms with Gasteiger partial charge >= 0.3 is 0 Å². The summed E-state index contributed by atoms with van der Waals surface area (Å²) in [6, 6.07) is 1.99. The molecule has 2 aromatic rings. The monoisotopic (exact) mass is 276 g/mol. The molecule has 19 heavy (non-hydrogen) atoms. The van der Waals surface area contributed by atoms with Gasteiger partial charge in [-0.3, -0.25) is 0 Å². The van der Waals surface area contributed by atoms with Gasteiger partial charge in [0.15, 0.2) is 5.13 Å². The Hall–Kier alpha value is -1.73. The van der Waals surface area contributed by atoms with Gasteiger partial charge in [0.05, 0.1) is 0 Å². The van der Waals surface area contributed by atoms with E-state index in [-0.39, 0.29) is 0 Å². The van der Waals surface area contributed by atoms with Gasteiger partial charge < -0.3 is 15.5 Å². The van der Waals surface area contributed by atoms with Crippen LogP contribution in [-0.2, 0) is 0 Å². The number of nitrogens with zero attached hydrogens (tertiary/aromatic N) is 4. The van der Waals surface area contributed by atoms with Crippen molar-refractivity contribution >= 4 is 28.1 Å². The molecule has 1 aliphatic rings. The first-order valence-electron chi connectivity index (χ1n) is 6.29. The second-order valence-corrected chi connectivity index (χ2v) is 5.25. The van der Waals surface area contributed by atoms with Crippen LogP contribution < -0.4 is 15.5 Å². The number of hydrogen-bond donors (Lipinski definition) is 2. The van der Waals surface area contributed by atoms with E-state index >= 15 is 0 Å². The number of aryl methyl sites for hydroxylation is 1. The first kappa shape index (κ1) is 12.3. The Kier molecular flexibility index (Phi) is 3.56. The number of rotatable bonds is 3. The normalized spacial score (nSPS) is 15.5. The summed E-state index contributed by atoms with van der Waals surface area (Å²) in [6.45, 7) is 5.87. The predicted octanol–water partition coefficient (Wildman–Crippen LogP) is 1.39. The molecule has 0 aliphatic carbocycles. The van der Waals surface area contributed by atoms with Crippen LogP contribution in [0.25, 0.3) is 0 Å². The minimum absolute atomic E-state index is 0.773. The van der Waals surface area contributed by atoms with Crippen molar-refractivity contribution in [2.24, 2.45) is 0 Å². The van der Waals surface area contributed by atoms with Crippen molar-refractivity contribution in [1.29, 1.82) is 0 Å². The fourth-order valence-electron chi connectivity index (χ4n) is 2.07. The molecular weight excluding hydrogens is 260 g/mol. The molecule has 0 spiro atoms. The Labute approximate surface area is 115 Å². The molecule has 3 rings (SSSR count). The summed E-state index contributed by atoms with van der Waals surface area (Å²) in [5.74, 6) is 2.55. The van der Waals surface area contributed by atoms with Crippen LogP contribution in [0.4, 0.5) is 16.8 Å². The zero-order valence-electron chi connectivity index (χ0n) is 10.8. The van der Waals surface area contributed by atoms with Gasteiger partial charge in [0.2, 0.25) is 0 Å². The van der Waals surface area contributed by atoms with E-state index in [0.717, 1.165) is 48.8 Å². The summed E-state index contributed by atoms with van der Waals surface area (Å²) >= 11 is 1.56. The number of aromatic nitrogens is 3. The van der Waals surface area contributed by atoms with E-state index in [0.29, 0.717) is 0 Å². The van der Waals surface area contributed by atoms with Gasteiger partial charge in [0.1, 0.15) is 17.5 Å². The maximum Gasteiger partial charge on any atom is 0.188 e. The highest BCUT2D eigenvalue weighted by atomic mass is 32.1. The average Bonchev–Trinajstić information content (AvgIpc) is 2.92. The average molecular weight is 276 g/mol. The van der Waals surface area contributed by atoms with Crippen LogP contribution in [-0.4, -0.2) is 41.1 Å². The molecular formula is C12H16N6S. The Morgan fingerprint density at radius 3 is 2.89 bits per heavy atom. The molecule has 1 saturated heterocycles. The minimum Gasteiger partial charge on any atom is -0.354 e. The van der Waals surface area contributed by atoms with Crippen molar-refractivity contribution in [2.75, 3.05) is 36.4 Å². The molecule has 1 aliphatic heterocycles. The maximum absolute atomic E-state index is 4.52. The Morgan fingerprint density at radius 2 is 2.16 bits per heavy atom.